The predicted molar refractivity (Wildman–Crippen MR) is 83.3 cm³/mol. The molecule has 0 saturated heterocycles. The average molecular weight is 288 g/mol. The molecule has 1 heterocycles. The summed E-state index contributed by atoms with van der Waals surface area (Å²) in [7, 11) is 0. The lowest BCUT2D eigenvalue weighted by molar-refractivity contribution is 0.103. The summed E-state index contributed by atoms with van der Waals surface area (Å²) in [6, 6.07) is 16.4. The van der Waals surface area contributed by atoms with Crippen molar-refractivity contribution in [2.75, 3.05) is 0 Å². The van der Waals surface area contributed by atoms with Gasteiger partial charge in [-0.2, -0.15) is 0 Å². The number of imidazole rings is 1. The van der Waals surface area contributed by atoms with Crippen molar-refractivity contribution >= 4 is 18.1 Å². The summed E-state index contributed by atoms with van der Waals surface area (Å²) in [5.41, 5.74) is 2.45. The molecule has 4 heteroatoms. The van der Waals surface area contributed by atoms with Crippen molar-refractivity contribution in [3.05, 3.63) is 82.2 Å². The molecule has 1 aliphatic carbocycles. The number of para-hydroxylation sites is 1. The van der Waals surface area contributed by atoms with Crippen molar-refractivity contribution in [2.45, 2.75) is 0 Å². The second-order valence-electron chi connectivity index (χ2n) is 5.12. The molecule has 1 aromatic heterocycles. The SMILES string of the molecule is C=c1nc2c(n1-c1ccccc1)=C(O)c1ccccc1C2=O. The van der Waals surface area contributed by atoms with Crippen molar-refractivity contribution in [1.82, 2.24) is 9.55 Å². The number of rotatable bonds is 1. The Balaban J connectivity index is 2.17. The van der Waals surface area contributed by atoms with Gasteiger partial charge in [0.15, 0.2) is 0 Å². The van der Waals surface area contributed by atoms with Gasteiger partial charge >= 0.3 is 0 Å². The van der Waals surface area contributed by atoms with E-state index in [1.165, 1.54) is 0 Å². The number of benzene rings is 2. The normalized spacial score (nSPS) is 12.9. The lowest BCUT2D eigenvalue weighted by Gasteiger charge is -2.13. The molecule has 0 saturated carbocycles. The van der Waals surface area contributed by atoms with Crippen LogP contribution in [0.15, 0.2) is 54.6 Å². The van der Waals surface area contributed by atoms with Crippen LogP contribution in [0.2, 0.25) is 0 Å². The van der Waals surface area contributed by atoms with E-state index in [1.54, 1.807) is 28.8 Å². The van der Waals surface area contributed by atoms with Crippen LogP contribution in [0.4, 0.5) is 0 Å². The van der Waals surface area contributed by atoms with E-state index >= 15 is 0 Å². The number of aliphatic hydroxyl groups is 1. The van der Waals surface area contributed by atoms with Crippen molar-refractivity contribution < 1.29 is 9.90 Å². The minimum absolute atomic E-state index is 0.0523. The molecule has 0 bridgehead atoms. The van der Waals surface area contributed by atoms with Gasteiger partial charge in [0.2, 0.25) is 5.78 Å². The molecule has 0 atom stereocenters. The molecule has 0 amide bonds. The number of carbonyl (C=O) groups excluding carboxylic acids is 1. The predicted octanol–water partition coefficient (Wildman–Crippen LogP) is 1.54. The summed E-state index contributed by atoms with van der Waals surface area (Å²) in [5.74, 6) is -0.139. The molecule has 4 rings (SSSR count). The van der Waals surface area contributed by atoms with Crippen molar-refractivity contribution in [3.8, 4) is 5.69 Å². The number of hydrogen-bond donors (Lipinski definition) is 1. The van der Waals surface area contributed by atoms with E-state index in [4.69, 9.17) is 0 Å². The number of aromatic nitrogens is 2. The Morgan fingerprint density at radius 2 is 1.59 bits per heavy atom. The first-order valence-corrected chi connectivity index (χ1v) is 6.89. The molecule has 3 aromatic rings. The molecule has 4 nitrogen and oxygen atoms in total. The maximum atomic E-state index is 12.6. The number of hydrogen-bond acceptors (Lipinski definition) is 3. The van der Waals surface area contributed by atoms with E-state index in [1.807, 2.05) is 30.3 Å². The molecule has 0 unspecified atom stereocenters. The summed E-state index contributed by atoms with van der Waals surface area (Å²) in [4.78, 5) is 16.9. The van der Waals surface area contributed by atoms with Gasteiger partial charge in [-0.05, 0) is 12.1 Å². The first-order chi connectivity index (χ1) is 10.7. The van der Waals surface area contributed by atoms with E-state index < -0.39 is 0 Å². The third-order valence-electron chi connectivity index (χ3n) is 3.83. The molecule has 22 heavy (non-hydrogen) atoms. The zero-order chi connectivity index (χ0) is 15.3. The second-order valence-corrected chi connectivity index (χ2v) is 5.12. The van der Waals surface area contributed by atoms with Crippen LogP contribution in [-0.4, -0.2) is 20.4 Å². The molecule has 0 aliphatic heterocycles. The van der Waals surface area contributed by atoms with Gasteiger partial charge in [-0.25, -0.2) is 4.98 Å². The van der Waals surface area contributed by atoms with Gasteiger partial charge in [0.1, 0.15) is 22.3 Å². The second kappa shape index (κ2) is 4.43. The Labute approximate surface area is 126 Å². The Bertz CT molecular complexity index is 1020. The van der Waals surface area contributed by atoms with E-state index in [0.29, 0.717) is 22.0 Å². The third kappa shape index (κ3) is 1.58. The first kappa shape index (κ1) is 12.6. The summed E-state index contributed by atoms with van der Waals surface area (Å²) >= 11 is 0. The zero-order valence-corrected chi connectivity index (χ0v) is 11.7. The maximum Gasteiger partial charge on any atom is 0.214 e. The first-order valence-electron chi connectivity index (χ1n) is 6.89. The molecular weight excluding hydrogens is 276 g/mol. The topological polar surface area (TPSA) is 55.1 Å². The molecule has 0 radical (unpaired) electrons. The van der Waals surface area contributed by atoms with Crippen molar-refractivity contribution in [3.63, 3.8) is 0 Å². The highest BCUT2D eigenvalue weighted by Gasteiger charge is 2.28. The van der Waals surface area contributed by atoms with Crippen LogP contribution >= 0.6 is 0 Å². The van der Waals surface area contributed by atoms with Crippen LogP contribution in [0.3, 0.4) is 0 Å². The molecular formula is C18H12N2O2. The maximum absolute atomic E-state index is 12.6. The van der Waals surface area contributed by atoms with Gasteiger partial charge in [-0.3, -0.25) is 9.36 Å². The molecule has 1 aliphatic rings. The summed E-state index contributed by atoms with van der Waals surface area (Å²) in [6.45, 7) is 3.91. The average Bonchev–Trinajstić information content (AvgIpc) is 2.91. The Kier molecular flexibility index (Phi) is 2.53. The quantitative estimate of drug-likeness (QED) is 0.739. The Hall–Kier alpha value is -3.14. The van der Waals surface area contributed by atoms with Gasteiger partial charge < -0.3 is 5.11 Å². The summed E-state index contributed by atoms with van der Waals surface area (Å²) in [6.07, 6.45) is 0. The van der Waals surface area contributed by atoms with E-state index in [9.17, 15) is 9.90 Å². The monoisotopic (exact) mass is 288 g/mol. The fourth-order valence-corrected chi connectivity index (χ4v) is 2.84. The standard InChI is InChI=1S/C18H12N2O2/c1-11-19-15-16(20(11)12-7-3-2-4-8-12)18(22)14-10-6-5-9-13(14)17(15)21/h2-10,22H,1H2. The fourth-order valence-electron chi connectivity index (χ4n) is 2.84. The molecule has 0 spiro atoms. The number of nitrogens with zero attached hydrogens (tertiary/aromatic N) is 2. The number of fused-ring (bicyclic) bond motifs is 2. The number of aliphatic hydroxyl groups excluding tert-OH is 1. The van der Waals surface area contributed by atoms with Crippen LogP contribution < -0.4 is 10.8 Å². The van der Waals surface area contributed by atoms with Crippen LogP contribution in [0, 0.1) is 0 Å². The molecule has 0 fully saturated rings. The van der Waals surface area contributed by atoms with E-state index in [0.717, 1.165) is 5.69 Å². The highest BCUT2D eigenvalue weighted by Crippen LogP contribution is 2.21. The van der Waals surface area contributed by atoms with Crippen LogP contribution in [0.1, 0.15) is 21.6 Å². The molecule has 2 aromatic carbocycles. The van der Waals surface area contributed by atoms with Crippen molar-refractivity contribution in [2.24, 2.45) is 0 Å². The molecule has 1 N–H and O–H groups in total. The molecule has 106 valence electrons. The Morgan fingerprint density at radius 1 is 0.955 bits per heavy atom. The minimum Gasteiger partial charge on any atom is -0.505 e. The highest BCUT2D eigenvalue weighted by molar-refractivity contribution is 6.12. The Morgan fingerprint density at radius 3 is 2.32 bits per heavy atom. The van der Waals surface area contributed by atoms with Crippen LogP contribution in [0.5, 0.6) is 0 Å². The number of carbonyl (C=O) groups is 1. The van der Waals surface area contributed by atoms with Gasteiger partial charge in [0.25, 0.3) is 0 Å². The van der Waals surface area contributed by atoms with E-state index in [2.05, 4.69) is 11.6 Å². The van der Waals surface area contributed by atoms with Crippen LogP contribution in [0.25, 0.3) is 18.0 Å². The largest absolute Gasteiger partial charge is 0.505 e. The lowest BCUT2D eigenvalue weighted by atomic mass is 9.95. The van der Waals surface area contributed by atoms with E-state index in [-0.39, 0.29) is 17.2 Å². The van der Waals surface area contributed by atoms with Gasteiger partial charge in [-0.1, -0.05) is 49.0 Å². The lowest BCUT2D eigenvalue weighted by Crippen LogP contribution is -2.32. The van der Waals surface area contributed by atoms with Gasteiger partial charge in [0.05, 0.1) is 0 Å². The smallest absolute Gasteiger partial charge is 0.214 e. The zero-order valence-electron chi connectivity index (χ0n) is 11.7. The fraction of sp³-hybridized carbons (Fsp3) is 0. The minimum atomic E-state index is -0.192. The highest BCUT2D eigenvalue weighted by atomic mass is 16.3. The number of ketones is 1. The van der Waals surface area contributed by atoms with Gasteiger partial charge in [-0.15, -0.1) is 0 Å². The van der Waals surface area contributed by atoms with Crippen molar-refractivity contribution in [1.29, 1.82) is 0 Å². The van der Waals surface area contributed by atoms with Crippen LogP contribution in [-0.2, 0) is 0 Å². The summed E-state index contributed by atoms with van der Waals surface area (Å²) < 4.78 is 1.71. The summed E-state index contributed by atoms with van der Waals surface area (Å²) in [5, 5.41) is 11.1. The van der Waals surface area contributed by atoms with Gasteiger partial charge in [0, 0.05) is 16.8 Å². The third-order valence-corrected chi connectivity index (χ3v) is 3.83.